The van der Waals surface area contributed by atoms with Crippen molar-refractivity contribution < 1.29 is 29.3 Å². The Morgan fingerprint density at radius 2 is 1.89 bits per heavy atom. The topological polar surface area (TPSA) is 128 Å². The summed E-state index contributed by atoms with van der Waals surface area (Å²) in [6.07, 6.45) is -0.320. The molecule has 1 aromatic rings. The van der Waals surface area contributed by atoms with Crippen molar-refractivity contribution in [3.05, 3.63) is 29.3 Å². The molecule has 150 valence electrons. The number of amides is 3. The highest BCUT2D eigenvalue weighted by Crippen LogP contribution is 2.17. The van der Waals surface area contributed by atoms with E-state index in [-0.39, 0.29) is 35.9 Å². The quantitative estimate of drug-likeness (QED) is 0.446. The van der Waals surface area contributed by atoms with E-state index < -0.39 is 24.5 Å². The maximum absolute atomic E-state index is 12.6. The Hall–Kier alpha value is -2.49. The molecule has 0 aromatic heterocycles. The molecule has 9 heteroatoms. The molecule has 0 aliphatic carbocycles. The normalized spacial score (nSPS) is 11.6. The highest BCUT2D eigenvalue weighted by atomic mass is 16.5. The number of nitrogens with one attached hydrogen (secondary N) is 2. The number of nitrogens with zero attached hydrogens (tertiary/aromatic N) is 1. The summed E-state index contributed by atoms with van der Waals surface area (Å²) in [6.45, 7) is 1.67. The molecular weight excluding hydrogens is 354 g/mol. The summed E-state index contributed by atoms with van der Waals surface area (Å²) in [5, 5.41) is 23.7. The van der Waals surface area contributed by atoms with Crippen molar-refractivity contribution in [3.63, 3.8) is 0 Å². The van der Waals surface area contributed by atoms with Crippen LogP contribution >= 0.6 is 0 Å². The number of carbonyl (C=O) groups excluding carboxylic acids is 3. The number of rotatable bonds is 10. The molecule has 0 saturated carbocycles. The van der Waals surface area contributed by atoms with Gasteiger partial charge in [0.15, 0.2) is 0 Å². The fraction of sp³-hybridized carbons (Fsp3) is 0.500. The fourth-order valence-electron chi connectivity index (χ4n) is 2.30. The van der Waals surface area contributed by atoms with Crippen molar-refractivity contribution in [2.75, 3.05) is 45.8 Å². The molecule has 0 aliphatic heterocycles. The van der Waals surface area contributed by atoms with E-state index in [0.717, 1.165) is 6.42 Å². The van der Waals surface area contributed by atoms with E-state index in [9.17, 15) is 19.5 Å². The maximum Gasteiger partial charge on any atom is 0.253 e. The molecule has 1 aromatic carbocycles. The Bertz CT molecular complexity index is 664. The van der Waals surface area contributed by atoms with Gasteiger partial charge in [-0.05, 0) is 24.6 Å². The van der Waals surface area contributed by atoms with Crippen LogP contribution in [0.25, 0.3) is 0 Å². The largest absolute Gasteiger partial charge is 0.394 e. The molecular formula is C18H27N3O6. The van der Waals surface area contributed by atoms with Gasteiger partial charge in [-0.15, -0.1) is 0 Å². The average Bonchev–Trinajstić information content (AvgIpc) is 2.64. The lowest BCUT2D eigenvalue weighted by Gasteiger charge is -2.20. The van der Waals surface area contributed by atoms with E-state index in [1.54, 1.807) is 0 Å². The number of aliphatic hydroxyl groups is 2. The third kappa shape index (κ3) is 7.33. The minimum atomic E-state index is -1.07. The van der Waals surface area contributed by atoms with Gasteiger partial charge in [-0.3, -0.25) is 14.4 Å². The first-order chi connectivity index (χ1) is 12.8. The van der Waals surface area contributed by atoms with Gasteiger partial charge in [0.1, 0.15) is 6.61 Å². The van der Waals surface area contributed by atoms with Crippen LogP contribution in [0.1, 0.15) is 34.1 Å². The van der Waals surface area contributed by atoms with Crippen molar-refractivity contribution in [3.8, 4) is 0 Å². The minimum absolute atomic E-state index is 0.0764. The molecule has 0 spiro atoms. The maximum atomic E-state index is 12.6. The number of carbonyl (C=O) groups is 3. The molecule has 0 saturated heterocycles. The molecule has 9 nitrogen and oxygen atoms in total. The number of hydrogen-bond donors (Lipinski definition) is 4. The van der Waals surface area contributed by atoms with Gasteiger partial charge in [0.2, 0.25) is 5.91 Å². The van der Waals surface area contributed by atoms with E-state index in [1.807, 2.05) is 6.92 Å². The van der Waals surface area contributed by atoms with Crippen LogP contribution in [-0.2, 0) is 9.53 Å². The number of anilines is 1. The lowest BCUT2D eigenvalue weighted by Crippen LogP contribution is -2.36. The SMILES string of the molecule is CCCNC(=O)c1cc(NC(=O)COC)cc(C(=O)N(C)CC(O)CO)c1. The van der Waals surface area contributed by atoms with Gasteiger partial charge in [0.25, 0.3) is 11.8 Å². The van der Waals surface area contributed by atoms with Crippen LogP contribution in [0.15, 0.2) is 18.2 Å². The summed E-state index contributed by atoms with van der Waals surface area (Å²) >= 11 is 0. The van der Waals surface area contributed by atoms with Crippen LogP contribution in [-0.4, -0.2) is 79.4 Å². The van der Waals surface area contributed by atoms with E-state index in [2.05, 4.69) is 10.6 Å². The molecule has 4 N–H and O–H groups in total. The summed E-state index contributed by atoms with van der Waals surface area (Å²) in [6, 6.07) is 4.33. The molecule has 1 rings (SSSR count). The number of hydrogen-bond acceptors (Lipinski definition) is 6. The predicted molar refractivity (Wildman–Crippen MR) is 99.6 cm³/mol. The van der Waals surface area contributed by atoms with E-state index in [1.165, 1.54) is 37.3 Å². The van der Waals surface area contributed by atoms with Gasteiger partial charge in [0.05, 0.1) is 12.7 Å². The predicted octanol–water partition coefficient (Wildman–Crippen LogP) is -0.163. The van der Waals surface area contributed by atoms with Crippen molar-refractivity contribution in [1.82, 2.24) is 10.2 Å². The summed E-state index contributed by atoms with van der Waals surface area (Å²) in [5.41, 5.74) is 0.665. The second-order valence-corrected chi connectivity index (χ2v) is 6.06. The standard InChI is InChI=1S/C18H27N3O6/c1-4-5-19-17(25)12-6-13(18(26)21(2)9-15(23)10-22)8-14(7-12)20-16(24)11-27-3/h6-8,15,22-23H,4-5,9-11H2,1-3H3,(H,19,25)(H,20,24). The van der Waals surface area contributed by atoms with Gasteiger partial charge in [0, 0.05) is 44.1 Å². The zero-order chi connectivity index (χ0) is 20.4. The Balaban J connectivity index is 3.14. The van der Waals surface area contributed by atoms with Crippen LogP contribution in [0.5, 0.6) is 0 Å². The Labute approximate surface area is 158 Å². The second kappa shape index (κ2) is 11.3. The van der Waals surface area contributed by atoms with Crippen LogP contribution in [0.4, 0.5) is 5.69 Å². The van der Waals surface area contributed by atoms with Crippen molar-refractivity contribution in [2.45, 2.75) is 19.4 Å². The summed E-state index contributed by atoms with van der Waals surface area (Å²) in [4.78, 5) is 37.9. The third-order valence-electron chi connectivity index (χ3n) is 3.58. The third-order valence-corrected chi connectivity index (χ3v) is 3.58. The number of ether oxygens (including phenoxy) is 1. The lowest BCUT2D eigenvalue weighted by molar-refractivity contribution is -0.119. The van der Waals surface area contributed by atoms with Gasteiger partial charge in [-0.2, -0.15) is 0 Å². The molecule has 0 aliphatic rings. The van der Waals surface area contributed by atoms with Crippen molar-refractivity contribution in [2.24, 2.45) is 0 Å². The Morgan fingerprint density at radius 3 is 2.48 bits per heavy atom. The van der Waals surface area contributed by atoms with E-state index >= 15 is 0 Å². The number of benzene rings is 1. The van der Waals surface area contributed by atoms with Gasteiger partial charge in [-0.1, -0.05) is 6.92 Å². The molecule has 27 heavy (non-hydrogen) atoms. The summed E-state index contributed by atoms with van der Waals surface area (Å²) < 4.78 is 4.76. The van der Waals surface area contributed by atoms with Crippen LogP contribution in [0.2, 0.25) is 0 Å². The highest BCUT2D eigenvalue weighted by Gasteiger charge is 2.18. The van der Waals surface area contributed by atoms with E-state index in [0.29, 0.717) is 6.54 Å². The smallest absolute Gasteiger partial charge is 0.253 e. The Morgan fingerprint density at radius 1 is 1.22 bits per heavy atom. The molecule has 1 unspecified atom stereocenters. The monoisotopic (exact) mass is 381 g/mol. The number of methoxy groups -OCH3 is 1. The van der Waals surface area contributed by atoms with Crippen molar-refractivity contribution in [1.29, 1.82) is 0 Å². The van der Waals surface area contributed by atoms with E-state index in [4.69, 9.17) is 9.84 Å². The lowest BCUT2D eigenvalue weighted by atomic mass is 10.1. The average molecular weight is 381 g/mol. The van der Waals surface area contributed by atoms with Crippen LogP contribution in [0, 0.1) is 0 Å². The zero-order valence-corrected chi connectivity index (χ0v) is 15.8. The van der Waals surface area contributed by atoms with Gasteiger partial charge in [-0.25, -0.2) is 0 Å². The molecule has 3 amide bonds. The first kappa shape index (κ1) is 22.6. The molecule has 0 fully saturated rings. The molecule has 0 radical (unpaired) electrons. The first-order valence-electron chi connectivity index (χ1n) is 8.58. The minimum Gasteiger partial charge on any atom is -0.394 e. The summed E-state index contributed by atoms with van der Waals surface area (Å²) in [5.74, 6) is -1.26. The van der Waals surface area contributed by atoms with Gasteiger partial charge < -0.3 is 30.5 Å². The molecule has 1 atom stereocenters. The number of likely N-dealkylation sites (N-methyl/N-ethyl adjacent to an activating group) is 1. The fourth-order valence-corrected chi connectivity index (χ4v) is 2.30. The first-order valence-corrected chi connectivity index (χ1v) is 8.58. The van der Waals surface area contributed by atoms with Crippen LogP contribution < -0.4 is 10.6 Å². The van der Waals surface area contributed by atoms with Crippen LogP contribution in [0.3, 0.4) is 0 Å². The second-order valence-electron chi connectivity index (χ2n) is 6.06. The number of aliphatic hydroxyl groups excluding tert-OH is 2. The molecule has 0 bridgehead atoms. The molecule has 0 heterocycles. The van der Waals surface area contributed by atoms with Crippen molar-refractivity contribution >= 4 is 23.4 Å². The summed E-state index contributed by atoms with van der Waals surface area (Å²) in [7, 11) is 2.85. The Kier molecular flexibility index (Phi) is 9.41. The zero-order valence-electron chi connectivity index (χ0n) is 15.8. The van der Waals surface area contributed by atoms with Gasteiger partial charge >= 0.3 is 0 Å². The highest BCUT2D eigenvalue weighted by molar-refractivity contribution is 6.02.